The van der Waals surface area contributed by atoms with E-state index in [1.54, 1.807) is 6.20 Å². The van der Waals surface area contributed by atoms with Crippen LogP contribution in [0.15, 0.2) is 12.3 Å². The van der Waals surface area contributed by atoms with Crippen molar-refractivity contribution in [3.05, 3.63) is 23.4 Å². The molecule has 1 aliphatic heterocycles. The summed E-state index contributed by atoms with van der Waals surface area (Å²) in [5, 5.41) is 3.30. The number of nitrogens with two attached hydrogens (primary N) is 1. The van der Waals surface area contributed by atoms with Crippen LogP contribution in [0.25, 0.3) is 0 Å². The molecule has 98 valence electrons. The van der Waals surface area contributed by atoms with Crippen LogP contribution in [-0.2, 0) is 0 Å². The molecule has 4 heteroatoms. The van der Waals surface area contributed by atoms with E-state index < -0.39 is 0 Å². The Morgan fingerprint density at radius 1 is 1.56 bits per heavy atom. The van der Waals surface area contributed by atoms with Gasteiger partial charge < -0.3 is 11.1 Å². The van der Waals surface area contributed by atoms with Crippen LogP contribution in [0.5, 0.6) is 0 Å². The molecule has 0 aliphatic carbocycles. The molecule has 0 amide bonds. The van der Waals surface area contributed by atoms with Crippen LogP contribution in [0.1, 0.15) is 36.2 Å². The molecule has 1 atom stereocenters. The van der Waals surface area contributed by atoms with Gasteiger partial charge in [-0.2, -0.15) is 0 Å². The number of hydrogen-bond donors (Lipinski definition) is 2. The highest BCUT2D eigenvalue weighted by atomic mass is 16.1. The number of rotatable bonds is 3. The second kappa shape index (κ2) is 4.69. The predicted molar refractivity (Wildman–Crippen MR) is 72.5 cm³/mol. The Hall–Kier alpha value is -1.42. The minimum Gasteiger partial charge on any atom is -0.383 e. The molecule has 2 heterocycles. The number of ketones is 1. The lowest BCUT2D eigenvalue weighted by atomic mass is 9.70. The second-order valence-electron chi connectivity index (χ2n) is 5.45. The minimum atomic E-state index is -0.331. The first kappa shape index (κ1) is 13.0. The first-order chi connectivity index (χ1) is 8.49. The lowest BCUT2D eigenvalue weighted by molar-refractivity contribution is 0.0740. The van der Waals surface area contributed by atoms with Crippen LogP contribution < -0.4 is 11.1 Å². The Labute approximate surface area is 108 Å². The topological polar surface area (TPSA) is 68.0 Å². The highest BCUT2D eigenvalue weighted by molar-refractivity contribution is 6.05. The van der Waals surface area contributed by atoms with Gasteiger partial charge in [-0.3, -0.25) is 4.79 Å². The molecule has 0 saturated carbocycles. The molecule has 1 aromatic rings. The summed E-state index contributed by atoms with van der Waals surface area (Å²) in [4.78, 5) is 17.0. The molecule has 0 radical (unpaired) electrons. The number of pyridine rings is 1. The van der Waals surface area contributed by atoms with Gasteiger partial charge >= 0.3 is 0 Å². The van der Waals surface area contributed by atoms with E-state index in [0.717, 1.165) is 25.1 Å². The summed E-state index contributed by atoms with van der Waals surface area (Å²) in [6, 6.07) is 1.85. The number of carbonyl (C=O) groups is 1. The number of aromatic nitrogens is 1. The fraction of sp³-hybridized carbons (Fsp3) is 0.571. The van der Waals surface area contributed by atoms with Crippen molar-refractivity contribution in [2.24, 2.45) is 11.3 Å². The molecule has 0 aromatic carbocycles. The molecule has 1 aliphatic rings. The summed E-state index contributed by atoms with van der Waals surface area (Å²) in [6.45, 7) is 7.75. The number of nitrogens with one attached hydrogen (secondary N) is 1. The molecule has 1 saturated heterocycles. The predicted octanol–water partition coefficient (Wildman–Crippen LogP) is 1.79. The van der Waals surface area contributed by atoms with Crippen LogP contribution in [-0.4, -0.2) is 23.9 Å². The van der Waals surface area contributed by atoms with E-state index in [9.17, 15) is 4.79 Å². The second-order valence-corrected chi connectivity index (χ2v) is 5.45. The molecule has 18 heavy (non-hydrogen) atoms. The van der Waals surface area contributed by atoms with Crippen LogP contribution in [0.4, 0.5) is 5.82 Å². The lowest BCUT2D eigenvalue weighted by Crippen LogP contribution is -2.39. The van der Waals surface area contributed by atoms with Gasteiger partial charge in [0, 0.05) is 18.2 Å². The van der Waals surface area contributed by atoms with E-state index in [4.69, 9.17) is 5.73 Å². The number of anilines is 1. The molecule has 1 aromatic heterocycles. The monoisotopic (exact) mass is 247 g/mol. The standard InChI is InChI=1S/C14H21N3O/c1-9(2)14(5-7-16-8-14)12(18)11-10(3)4-6-17-13(11)15/h4,6,9,16H,5,7-8H2,1-3H3,(H2,15,17). The smallest absolute Gasteiger partial charge is 0.174 e. The van der Waals surface area contributed by atoms with Gasteiger partial charge in [0.2, 0.25) is 0 Å². The fourth-order valence-corrected chi connectivity index (χ4v) is 2.78. The Kier molecular flexibility index (Phi) is 3.39. The van der Waals surface area contributed by atoms with Gasteiger partial charge in [0.1, 0.15) is 5.82 Å². The quantitative estimate of drug-likeness (QED) is 0.799. The van der Waals surface area contributed by atoms with Crippen molar-refractivity contribution in [3.63, 3.8) is 0 Å². The maximum atomic E-state index is 12.9. The molecule has 4 nitrogen and oxygen atoms in total. The van der Waals surface area contributed by atoms with Gasteiger partial charge in [-0.1, -0.05) is 13.8 Å². The zero-order valence-electron chi connectivity index (χ0n) is 11.3. The molecule has 3 N–H and O–H groups in total. The van der Waals surface area contributed by atoms with Gasteiger partial charge in [-0.15, -0.1) is 0 Å². The van der Waals surface area contributed by atoms with Crippen molar-refractivity contribution in [2.75, 3.05) is 18.8 Å². The first-order valence-corrected chi connectivity index (χ1v) is 6.45. The van der Waals surface area contributed by atoms with E-state index in [0.29, 0.717) is 17.3 Å². The SMILES string of the molecule is Cc1ccnc(N)c1C(=O)C1(C(C)C)CCNC1. The van der Waals surface area contributed by atoms with E-state index in [1.807, 2.05) is 13.0 Å². The number of carbonyl (C=O) groups excluding carboxylic acids is 1. The minimum absolute atomic E-state index is 0.144. The van der Waals surface area contributed by atoms with E-state index in [2.05, 4.69) is 24.1 Å². The van der Waals surface area contributed by atoms with Gasteiger partial charge in [0.05, 0.1) is 5.56 Å². The van der Waals surface area contributed by atoms with Crippen molar-refractivity contribution in [2.45, 2.75) is 27.2 Å². The zero-order valence-corrected chi connectivity index (χ0v) is 11.3. The van der Waals surface area contributed by atoms with E-state index in [1.165, 1.54) is 0 Å². The summed E-state index contributed by atoms with van der Waals surface area (Å²) < 4.78 is 0. The molecular formula is C14H21N3O. The number of aryl methyl sites for hydroxylation is 1. The van der Waals surface area contributed by atoms with Crippen molar-refractivity contribution in [1.29, 1.82) is 0 Å². The average Bonchev–Trinajstić information content (AvgIpc) is 2.78. The third kappa shape index (κ3) is 1.90. The van der Waals surface area contributed by atoms with E-state index >= 15 is 0 Å². The Morgan fingerprint density at radius 3 is 2.78 bits per heavy atom. The van der Waals surface area contributed by atoms with Crippen molar-refractivity contribution in [3.8, 4) is 0 Å². The molecule has 1 fully saturated rings. The Balaban J connectivity index is 2.47. The summed E-state index contributed by atoms with van der Waals surface area (Å²) >= 11 is 0. The van der Waals surface area contributed by atoms with Gasteiger partial charge in [0.25, 0.3) is 0 Å². The normalized spacial score (nSPS) is 23.6. The van der Waals surface area contributed by atoms with Crippen LogP contribution in [0.3, 0.4) is 0 Å². The summed E-state index contributed by atoms with van der Waals surface area (Å²) in [7, 11) is 0. The number of nitrogen functional groups attached to an aromatic ring is 1. The average molecular weight is 247 g/mol. The van der Waals surface area contributed by atoms with Crippen LogP contribution >= 0.6 is 0 Å². The molecule has 2 rings (SSSR count). The molecule has 1 unspecified atom stereocenters. The number of Topliss-reactive ketones (excluding diaryl/α,β-unsaturated/α-hetero) is 1. The van der Waals surface area contributed by atoms with Crippen LogP contribution in [0.2, 0.25) is 0 Å². The molecule has 0 bridgehead atoms. The van der Waals surface area contributed by atoms with Gasteiger partial charge in [-0.25, -0.2) is 4.98 Å². The third-order valence-electron chi connectivity index (χ3n) is 4.16. The summed E-state index contributed by atoms with van der Waals surface area (Å²) in [5.74, 6) is 0.788. The maximum Gasteiger partial charge on any atom is 0.174 e. The summed E-state index contributed by atoms with van der Waals surface area (Å²) in [6.07, 6.45) is 2.52. The third-order valence-corrected chi connectivity index (χ3v) is 4.16. The highest BCUT2D eigenvalue weighted by Crippen LogP contribution is 2.39. The largest absolute Gasteiger partial charge is 0.383 e. The van der Waals surface area contributed by atoms with E-state index in [-0.39, 0.29) is 11.2 Å². The highest BCUT2D eigenvalue weighted by Gasteiger charge is 2.45. The van der Waals surface area contributed by atoms with Crippen LogP contribution in [0, 0.1) is 18.3 Å². The zero-order chi connectivity index (χ0) is 13.3. The molecular weight excluding hydrogens is 226 g/mol. The number of nitrogens with zero attached hydrogens (tertiary/aromatic N) is 1. The lowest BCUT2D eigenvalue weighted by Gasteiger charge is -2.31. The molecule has 0 spiro atoms. The van der Waals surface area contributed by atoms with Gasteiger partial charge in [-0.05, 0) is 37.4 Å². The summed E-state index contributed by atoms with van der Waals surface area (Å²) in [5.41, 5.74) is 7.09. The Bertz CT molecular complexity index is 442. The number of hydrogen-bond acceptors (Lipinski definition) is 4. The maximum absolute atomic E-state index is 12.9. The van der Waals surface area contributed by atoms with Crippen molar-refractivity contribution < 1.29 is 4.79 Å². The first-order valence-electron chi connectivity index (χ1n) is 6.45. The van der Waals surface area contributed by atoms with Crippen molar-refractivity contribution in [1.82, 2.24) is 10.3 Å². The fourth-order valence-electron chi connectivity index (χ4n) is 2.78. The Morgan fingerprint density at radius 2 is 2.28 bits per heavy atom. The van der Waals surface area contributed by atoms with Gasteiger partial charge in [0.15, 0.2) is 5.78 Å². The van der Waals surface area contributed by atoms with Crippen molar-refractivity contribution >= 4 is 11.6 Å².